The van der Waals surface area contributed by atoms with Crippen LogP contribution in [0.2, 0.25) is 0 Å². The van der Waals surface area contributed by atoms with Crippen molar-refractivity contribution in [3.05, 3.63) is 0 Å². The lowest BCUT2D eigenvalue weighted by molar-refractivity contribution is -0.406. The zero-order valence-electron chi connectivity index (χ0n) is 28.6. The third kappa shape index (κ3) is 9.87. The Morgan fingerprint density at radius 3 is 1.40 bits per heavy atom. The molecule has 322 valence electrons. The highest BCUT2D eigenvalue weighted by atomic mass is 16.8. The number of carboxylic acids is 1. The van der Waals surface area contributed by atoms with Gasteiger partial charge in [-0.15, -0.1) is 0 Å². The second-order valence-electron chi connectivity index (χ2n) is 13.3. The summed E-state index contributed by atoms with van der Waals surface area (Å²) >= 11 is 0. The maximum Gasteiger partial charge on any atom is 0.335 e. The summed E-state index contributed by atoms with van der Waals surface area (Å²) in [4.78, 5) is 11.8. The first-order valence-corrected chi connectivity index (χ1v) is 17.0. The fraction of sp³-hybridized carbons (Fsp3) is 0.966. The van der Waals surface area contributed by atoms with Crippen LogP contribution in [0.5, 0.6) is 0 Å². The van der Waals surface area contributed by atoms with Crippen LogP contribution in [0.15, 0.2) is 0 Å². The molecule has 0 bridgehead atoms. The van der Waals surface area contributed by atoms with E-state index in [1.54, 1.807) is 0 Å². The Morgan fingerprint density at radius 1 is 0.473 bits per heavy atom. The van der Waals surface area contributed by atoms with E-state index in [9.17, 15) is 91.6 Å². The van der Waals surface area contributed by atoms with Crippen LogP contribution >= 0.6 is 0 Å². The Bertz CT molecular complexity index is 1180. The van der Waals surface area contributed by atoms with E-state index in [1.807, 2.05) is 0 Å². The van der Waals surface area contributed by atoms with Crippen molar-refractivity contribution in [1.29, 1.82) is 0 Å². The van der Waals surface area contributed by atoms with Crippen molar-refractivity contribution in [3.8, 4) is 0 Å². The molecule has 0 unspecified atom stereocenters. The molecule has 4 saturated heterocycles. The van der Waals surface area contributed by atoms with E-state index < -0.39 is 180 Å². The van der Waals surface area contributed by atoms with Gasteiger partial charge in [0.2, 0.25) is 0 Å². The highest BCUT2D eigenvalue weighted by Gasteiger charge is 2.57. The maximum absolute atomic E-state index is 11.8. The van der Waals surface area contributed by atoms with E-state index in [2.05, 4.69) is 0 Å². The molecule has 17 N–H and O–H groups in total. The zero-order chi connectivity index (χ0) is 41.0. The largest absolute Gasteiger partial charge is 0.479 e. The average Bonchev–Trinajstić information content (AvgIpc) is 3.17. The first kappa shape index (κ1) is 46.2. The summed E-state index contributed by atoms with van der Waals surface area (Å²) in [7, 11) is 0. The van der Waals surface area contributed by atoms with Crippen LogP contribution in [0.3, 0.4) is 0 Å². The molecular weight excluding hydrogens is 764 g/mol. The summed E-state index contributed by atoms with van der Waals surface area (Å²) in [5.74, 6) is -1.85. The molecule has 0 aliphatic carbocycles. The highest BCUT2D eigenvalue weighted by molar-refractivity contribution is 5.73. The molecular formula is C29H50O26. The topological polar surface area (TPSA) is 435 Å². The third-order valence-corrected chi connectivity index (χ3v) is 9.58. The molecule has 26 nitrogen and oxygen atoms in total. The number of carbonyl (C=O) groups is 1. The van der Waals surface area contributed by atoms with Crippen LogP contribution in [0, 0.1) is 0 Å². The normalized spacial score (nSPS) is 46.7. The molecule has 0 aromatic carbocycles. The van der Waals surface area contributed by atoms with Crippen molar-refractivity contribution in [2.45, 2.75) is 141 Å². The fourth-order valence-corrected chi connectivity index (χ4v) is 6.39. The quantitative estimate of drug-likeness (QED) is 0.0688. The van der Waals surface area contributed by atoms with Gasteiger partial charge in [0.15, 0.2) is 31.3 Å². The van der Waals surface area contributed by atoms with E-state index in [-0.39, 0.29) is 0 Å². The standard InChI is InChI=1S/C29H50O26/c30-1-6(35)20(7(36)2-31)51-28-19(45)21(12(38)9(4-33)49-28)52-29-24(55-27-18(44)15(41)16(42)23(54-27)25(46)47)22(13(39)10(5-34)50-29)53-26-17(43)14(40)11(37)8(3-32)48-26/h6-24,26-45H,1-5H2,(H,46,47)/t6-,7-,8-,9-,10-,11+,12+,13-,14+,15+,16+,17-,18-,19-,21+,22+,23+,24+,26-,27+,28-,29-/m1/s1. The lowest BCUT2D eigenvalue weighted by Gasteiger charge is -2.50. The minimum Gasteiger partial charge on any atom is -0.479 e. The van der Waals surface area contributed by atoms with E-state index in [0.29, 0.717) is 0 Å². The predicted molar refractivity (Wildman–Crippen MR) is 163 cm³/mol. The summed E-state index contributed by atoms with van der Waals surface area (Å²) in [6, 6.07) is 0. The molecule has 0 saturated carbocycles. The van der Waals surface area contributed by atoms with Crippen molar-refractivity contribution in [3.63, 3.8) is 0 Å². The van der Waals surface area contributed by atoms with E-state index in [4.69, 9.17) is 37.9 Å². The lowest BCUT2D eigenvalue weighted by Crippen LogP contribution is -2.69. The second-order valence-corrected chi connectivity index (χ2v) is 13.3. The average molecular weight is 815 g/mol. The van der Waals surface area contributed by atoms with Gasteiger partial charge in [-0.05, 0) is 0 Å². The molecule has 4 rings (SSSR count). The van der Waals surface area contributed by atoms with Gasteiger partial charge in [-0.2, -0.15) is 0 Å². The third-order valence-electron chi connectivity index (χ3n) is 9.58. The summed E-state index contributed by atoms with van der Waals surface area (Å²) in [5, 5.41) is 175. The monoisotopic (exact) mass is 814 g/mol. The van der Waals surface area contributed by atoms with Crippen molar-refractivity contribution in [1.82, 2.24) is 0 Å². The fourth-order valence-electron chi connectivity index (χ4n) is 6.39. The number of hydrogen-bond donors (Lipinski definition) is 17. The summed E-state index contributed by atoms with van der Waals surface area (Å²) in [6.07, 6.45) is -47.2. The summed E-state index contributed by atoms with van der Waals surface area (Å²) in [6.45, 7) is -5.09. The maximum atomic E-state index is 11.8. The number of carboxylic acid groups (broad SMARTS) is 1. The Labute approximate surface area is 310 Å². The van der Waals surface area contributed by atoms with Crippen LogP contribution in [-0.2, 0) is 42.7 Å². The van der Waals surface area contributed by atoms with Gasteiger partial charge in [0.25, 0.3) is 0 Å². The minimum atomic E-state index is -2.29. The van der Waals surface area contributed by atoms with Gasteiger partial charge in [0.1, 0.15) is 110 Å². The number of aliphatic hydroxyl groups is 16. The van der Waals surface area contributed by atoms with Crippen LogP contribution in [0.4, 0.5) is 0 Å². The summed E-state index contributed by atoms with van der Waals surface area (Å²) in [5.41, 5.74) is 0. The molecule has 0 amide bonds. The summed E-state index contributed by atoms with van der Waals surface area (Å²) < 4.78 is 44.3. The number of hydrogen-bond acceptors (Lipinski definition) is 25. The van der Waals surface area contributed by atoms with Crippen LogP contribution in [-0.4, -0.2) is 267 Å². The van der Waals surface area contributed by atoms with Crippen LogP contribution in [0.1, 0.15) is 0 Å². The Balaban J connectivity index is 1.74. The molecule has 55 heavy (non-hydrogen) atoms. The van der Waals surface area contributed by atoms with Gasteiger partial charge in [0.05, 0.1) is 33.0 Å². The van der Waals surface area contributed by atoms with Gasteiger partial charge < -0.3 is 125 Å². The Morgan fingerprint density at radius 2 is 0.891 bits per heavy atom. The molecule has 4 aliphatic heterocycles. The molecule has 0 aromatic heterocycles. The smallest absolute Gasteiger partial charge is 0.335 e. The Hall–Kier alpha value is -1.49. The molecule has 0 aromatic rings. The van der Waals surface area contributed by atoms with E-state index in [0.717, 1.165) is 0 Å². The van der Waals surface area contributed by atoms with E-state index >= 15 is 0 Å². The molecule has 4 fully saturated rings. The first-order chi connectivity index (χ1) is 25.9. The van der Waals surface area contributed by atoms with Gasteiger partial charge in [-0.1, -0.05) is 0 Å². The molecule has 0 spiro atoms. The number of ether oxygens (including phenoxy) is 8. The number of aliphatic hydroxyl groups excluding tert-OH is 16. The SMILES string of the molecule is O=C(O)[C@H]1O[C@@H](O[C@@H]2[C@@H](O[C@H]3[C@@H](O)[C@@H](CO)O[C@H](OC([C@H](O)CO)[C@H](O)CO)[C@@H]3O)O[C@H](CO)[C@@H](O)[C@@H]2O[C@H]2O[C@H](CO)[C@H](O)[C@H](O)[C@H]2O)[C@H](O)[C@@H](O)[C@@H]1O. The molecule has 0 radical (unpaired) electrons. The van der Waals surface area contributed by atoms with Gasteiger partial charge in [-0.3, -0.25) is 0 Å². The van der Waals surface area contributed by atoms with Crippen molar-refractivity contribution in [2.75, 3.05) is 33.0 Å². The number of rotatable bonds is 16. The molecule has 26 heteroatoms. The number of aliphatic carboxylic acids is 1. The van der Waals surface area contributed by atoms with Gasteiger partial charge in [-0.25, -0.2) is 4.79 Å². The lowest BCUT2D eigenvalue weighted by atomic mass is 9.95. The van der Waals surface area contributed by atoms with Crippen molar-refractivity contribution in [2.24, 2.45) is 0 Å². The zero-order valence-corrected chi connectivity index (χ0v) is 28.6. The minimum absolute atomic E-state index is 0.939. The molecule has 22 atom stereocenters. The van der Waals surface area contributed by atoms with Crippen molar-refractivity contribution >= 4 is 5.97 Å². The molecule has 4 aliphatic rings. The second kappa shape index (κ2) is 20.0. The van der Waals surface area contributed by atoms with Gasteiger partial charge in [0, 0.05) is 0 Å². The van der Waals surface area contributed by atoms with Gasteiger partial charge >= 0.3 is 5.97 Å². The van der Waals surface area contributed by atoms with Crippen molar-refractivity contribution < 1.29 is 130 Å². The van der Waals surface area contributed by atoms with Crippen LogP contribution in [0.25, 0.3) is 0 Å². The first-order valence-electron chi connectivity index (χ1n) is 17.0. The highest BCUT2D eigenvalue weighted by Crippen LogP contribution is 2.36. The Kier molecular flexibility index (Phi) is 16.8. The van der Waals surface area contributed by atoms with E-state index in [1.165, 1.54) is 0 Å². The molecule has 4 heterocycles. The van der Waals surface area contributed by atoms with Crippen LogP contribution < -0.4 is 0 Å². The predicted octanol–water partition coefficient (Wildman–Crippen LogP) is -11.6.